The summed E-state index contributed by atoms with van der Waals surface area (Å²) >= 11 is 1.50. The number of hydrogen-bond acceptors (Lipinski definition) is 3. The monoisotopic (exact) mass is 360 g/mol. The molecule has 0 N–H and O–H groups in total. The van der Waals surface area contributed by atoms with Crippen LogP contribution in [0.25, 0.3) is 0 Å². The van der Waals surface area contributed by atoms with E-state index in [1.165, 1.54) is 18.2 Å². The molecular formula is C20H28N2O2S. The van der Waals surface area contributed by atoms with Gasteiger partial charge in [-0.1, -0.05) is 26.0 Å². The third kappa shape index (κ3) is 4.57. The summed E-state index contributed by atoms with van der Waals surface area (Å²) in [6.07, 6.45) is 3.40. The van der Waals surface area contributed by atoms with Crippen LogP contribution < -0.4 is 0 Å². The molecule has 4 nitrogen and oxygen atoms in total. The van der Waals surface area contributed by atoms with Gasteiger partial charge in [0.25, 0.3) is 5.91 Å². The van der Waals surface area contributed by atoms with Crippen molar-refractivity contribution in [1.29, 1.82) is 0 Å². The largest absolute Gasteiger partial charge is 0.342 e. The van der Waals surface area contributed by atoms with E-state index >= 15 is 0 Å². The molecule has 2 aliphatic rings. The van der Waals surface area contributed by atoms with Crippen molar-refractivity contribution in [1.82, 2.24) is 9.80 Å². The van der Waals surface area contributed by atoms with Gasteiger partial charge in [0.2, 0.25) is 5.91 Å². The molecule has 2 aliphatic heterocycles. The molecular weight excluding hydrogens is 332 g/mol. The van der Waals surface area contributed by atoms with Crippen LogP contribution in [0.1, 0.15) is 43.5 Å². The fourth-order valence-electron chi connectivity index (χ4n) is 3.97. The lowest BCUT2D eigenvalue weighted by atomic mass is 9.91. The maximum Gasteiger partial charge on any atom is 0.255 e. The number of carbonyl (C=O) groups excluding carboxylic acids is 2. The summed E-state index contributed by atoms with van der Waals surface area (Å²) in [6, 6.07) is 7.72. The van der Waals surface area contributed by atoms with E-state index in [0.717, 1.165) is 49.5 Å². The SMILES string of the molecule is CC1CC(C)CN(C(=O)c2ccccc2SCC(=O)N2CCCC2)C1. The molecule has 0 saturated carbocycles. The molecule has 1 aromatic rings. The van der Waals surface area contributed by atoms with Gasteiger partial charge in [-0.3, -0.25) is 9.59 Å². The molecule has 0 bridgehead atoms. The van der Waals surface area contributed by atoms with Crippen LogP contribution in [0.2, 0.25) is 0 Å². The third-order valence-corrected chi connectivity index (χ3v) is 6.14. The number of carbonyl (C=O) groups is 2. The van der Waals surface area contributed by atoms with Gasteiger partial charge in [-0.15, -0.1) is 11.8 Å². The Morgan fingerprint density at radius 1 is 1.04 bits per heavy atom. The Kier molecular flexibility index (Phi) is 6.05. The Balaban J connectivity index is 1.67. The third-order valence-electron chi connectivity index (χ3n) is 5.08. The van der Waals surface area contributed by atoms with Gasteiger partial charge in [0.1, 0.15) is 0 Å². The van der Waals surface area contributed by atoms with Crippen LogP contribution in [-0.2, 0) is 4.79 Å². The van der Waals surface area contributed by atoms with Gasteiger partial charge in [0.15, 0.2) is 0 Å². The molecule has 2 fully saturated rings. The first-order valence-electron chi connectivity index (χ1n) is 9.33. The van der Waals surface area contributed by atoms with Crippen molar-refractivity contribution < 1.29 is 9.59 Å². The molecule has 2 saturated heterocycles. The molecule has 0 aromatic heterocycles. The molecule has 2 amide bonds. The predicted molar refractivity (Wildman–Crippen MR) is 102 cm³/mol. The van der Waals surface area contributed by atoms with Gasteiger partial charge in [0.05, 0.1) is 11.3 Å². The highest BCUT2D eigenvalue weighted by Crippen LogP contribution is 2.28. The maximum absolute atomic E-state index is 13.0. The maximum atomic E-state index is 13.0. The van der Waals surface area contributed by atoms with Gasteiger partial charge >= 0.3 is 0 Å². The lowest BCUT2D eigenvalue weighted by Gasteiger charge is -2.35. The first-order chi connectivity index (χ1) is 12.0. The quantitative estimate of drug-likeness (QED) is 0.772. The van der Waals surface area contributed by atoms with Crippen LogP contribution in [0.4, 0.5) is 0 Å². The fraction of sp³-hybridized carbons (Fsp3) is 0.600. The fourth-order valence-corrected chi connectivity index (χ4v) is 4.91. The van der Waals surface area contributed by atoms with Crippen LogP contribution in [0, 0.1) is 11.8 Å². The Hall–Kier alpha value is -1.49. The molecule has 0 aliphatic carbocycles. The molecule has 1 aromatic carbocycles. The van der Waals surface area contributed by atoms with E-state index in [2.05, 4.69) is 13.8 Å². The zero-order valence-corrected chi connectivity index (χ0v) is 16.1. The highest BCUT2D eigenvalue weighted by Gasteiger charge is 2.27. The summed E-state index contributed by atoms with van der Waals surface area (Å²) in [5.41, 5.74) is 0.739. The molecule has 0 radical (unpaired) electrons. The van der Waals surface area contributed by atoms with E-state index in [0.29, 0.717) is 17.6 Å². The summed E-state index contributed by atoms with van der Waals surface area (Å²) in [4.78, 5) is 30.2. The standard InChI is InChI=1S/C20H28N2O2S/c1-15-11-16(2)13-22(12-15)20(24)17-7-3-4-8-18(17)25-14-19(23)21-9-5-6-10-21/h3-4,7-8,15-16H,5-6,9-14H2,1-2H3. The van der Waals surface area contributed by atoms with Gasteiger partial charge in [-0.2, -0.15) is 0 Å². The van der Waals surface area contributed by atoms with Crippen LogP contribution in [0.5, 0.6) is 0 Å². The molecule has 5 heteroatoms. The molecule has 0 spiro atoms. The average molecular weight is 361 g/mol. The zero-order chi connectivity index (χ0) is 17.8. The van der Waals surface area contributed by atoms with Crippen molar-refractivity contribution in [2.45, 2.75) is 38.0 Å². The van der Waals surface area contributed by atoms with Gasteiger partial charge in [-0.05, 0) is 43.2 Å². The van der Waals surface area contributed by atoms with E-state index in [4.69, 9.17) is 0 Å². The number of likely N-dealkylation sites (tertiary alicyclic amines) is 2. The van der Waals surface area contributed by atoms with Crippen molar-refractivity contribution in [3.8, 4) is 0 Å². The second kappa shape index (κ2) is 8.26. The zero-order valence-electron chi connectivity index (χ0n) is 15.2. The number of hydrogen-bond donors (Lipinski definition) is 0. The number of rotatable bonds is 4. The molecule has 3 rings (SSSR count). The van der Waals surface area contributed by atoms with E-state index < -0.39 is 0 Å². The minimum Gasteiger partial charge on any atom is -0.342 e. The minimum absolute atomic E-state index is 0.107. The van der Waals surface area contributed by atoms with Crippen LogP contribution >= 0.6 is 11.8 Å². The summed E-state index contributed by atoms with van der Waals surface area (Å²) in [7, 11) is 0. The summed E-state index contributed by atoms with van der Waals surface area (Å²) in [6.45, 7) is 7.84. The van der Waals surface area contributed by atoms with Gasteiger partial charge in [0, 0.05) is 31.1 Å². The van der Waals surface area contributed by atoms with Crippen molar-refractivity contribution in [2.75, 3.05) is 31.9 Å². The van der Waals surface area contributed by atoms with E-state index in [9.17, 15) is 9.59 Å². The number of piperidine rings is 1. The van der Waals surface area contributed by atoms with E-state index in [-0.39, 0.29) is 11.8 Å². The molecule has 25 heavy (non-hydrogen) atoms. The summed E-state index contributed by atoms with van der Waals surface area (Å²) in [5.74, 6) is 1.80. The lowest BCUT2D eigenvalue weighted by molar-refractivity contribution is -0.127. The van der Waals surface area contributed by atoms with Gasteiger partial charge < -0.3 is 9.80 Å². The Morgan fingerprint density at radius 3 is 2.36 bits per heavy atom. The number of amides is 2. The predicted octanol–water partition coefficient (Wildman–Crippen LogP) is 3.52. The highest BCUT2D eigenvalue weighted by molar-refractivity contribution is 8.00. The topological polar surface area (TPSA) is 40.6 Å². The summed E-state index contributed by atoms with van der Waals surface area (Å²) in [5, 5.41) is 0. The molecule has 2 heterocycles. The average Bonchev–Trinajstić information content (AvgIpc) is 3.13. The van der Waals surface area contributed by atoms with Crippen molar-refractivity contribution in [3.63, 3.8) is 0 Å². The second-order valence-electron chi connectivity index (χ2n) is 7.53. The highest BCUT2D eigenvalue weighted by atomic mass is 32.2. The molecule has 2 unspecified atom stereocenters. The number of benzene rings is 1. The first-order valence-corrected chi connectivity index (χ1v) is 10.3. The first kappa shape index (κ1) is 18.3. The van der Waals surface area contributed by atoms with Crippen molar-refractivity contribution in [3.05, 3.63) is 29.8 Å². The minimum atomic E-state index is 0.107. The van der Waals surface area contributed by atoms with E-state index in [1.54, 1.807) is 0 Å². The van der Waals surface area contributed by atoms with Gasteiger partial charge in [-0.25, -0.2) is 0 Å². The Bertz CT molecular complexity index is 618. The number of nitrogens with zero attached hydrogens (tertiary/aromatic N) is 2. The molecule has 2 atom stereocenters. The Labute approximate surface area is 154 Å². The van der Waals surface area contributed by atoms with Crippen molar-refractivity contribution >= 4 is 23.6 Å². The lowest BCUT2D eigenvalue weighted by Crippen LogP contribution is -2.42. The van der Waals surface area contributed by atoms with Crippen LogP contribution in [0.3, 0.4) is 0 Å². The molecule has 136 valence electrons. The smallest absolute Gasteiger partial charge is 0.255 e. The summed E-state index contributed by atoms with van der Waals surface area (Å²) < 4.78 is 0. The number of thioether (sulfide) groups is 1. The van der Waals surface area contributed by atoms with Crippen LogP contribution in [0.15, 0.2) is 29.2 Å². The normalized spacial score (nSPS) is 23.8. The van der Waals surface area contributed by atoms with Crippen molar-refractivity contribution in [2.24, 2.45) is 11.8 Å². The Morgan fingerprint density at radius 2 is 1.68 bits per heavy atom. The van der Waals surface area contributed by atoms with Crippen LogP contribution in [-0.4, -0.2) is 53.5 Å². The van der Waals surface area contributed by atoms with E-state index in [1.807, 2.05) is 34.1 Å². The second-order valence-corrected chi connectivity index (χ2v) is 8.55.